The first-order valence-electron chi connectivity index (χ1n) is 8.37. The van der Waals surface area contributed by atoms with E-state index in [-0.39, 0.29) is 5.91 Å². The third-order valence-corrected chi connectivity index (χ3v) is 6.07. The van der Waals surface area contributed by atoms with Crippen LogP contribution in [0, 0.1) is 0 Å². The third-order valence-electron chi connectivity index (χ3n) is 4.36. The van der Waals surface area contributed by atoms with Crippen LogP contribution in [0.4, 0.5) is 0 Å². The lowest BCUT2D eigenvalue weighted by atomic mass is 10.1. The zero-order chi connectivity index (χ0) is 17.9. The van der Waals surface area contributed by atoms with Crippen LogP contribution in [0.25, 0.3) is 10.9 Å². The van der Waals surface area contributed by atoms with Crippen molar-refractivity contribution in [1.29, 1.82) is 0 Å². The molecule has 1 aromatic heterocycles. The topological polar surface area (TPSA) is 51.2 Å². The maximum absolute atomic E-state index is 12.8. The van der Waals surface area contributed by atoms with Gasteiger partial charge in [-0.15, -0.1) is 0 Å². The monoisotopic (exact) mass is 382 g/mol. The second-order valence-electron chi connectivity index (χ2n) is 5.98. The number of nitrogens with one attached hydrogen (secondary N) is 1. The summed E-state index contributed by atoms with van der Waals surface area (Å²) in [5.41, 5.74) is 3.82. The number of amides is 1. The average molecular weight is 383 g/mol. The summed E-state index contributed by atoms with van der Waals surface area (Å²) in [6.07, 6.45) is 4.73. The SMILES string of the molecule is CSSc1ccc(C(=O)NCc2ccc3c(c2)CCO3)c2cccnc12. The summed E-state index contributed by atoms with van der Waals surface area (Å²) in [5.74, 6) is 0.875. The molecule has 0 spiro atoms. The van der Waals surface area contributed by atoms with Gasteiger partial charge in [0.1, 0.15) is 5.75 Å². The minimum absolute atomic E-state index is 0.0829. The molecule has 0 atom stereocenters. The van der Waals surface area contributed by atoms with Gasteiger partial charge in [-0.25, -0.2) is 0 Å². The number of fused-ring (bicyclic) bond motifs is 2. The quantitative estimate of drug-likeness (QED) is 0.660. The number of aromatic nitrogens is 1. The molecule has 0 saturated carbocycles. The van der Waals surface area contributed by atoms with Crippen molar-refractivity contribution in [3.63, 3.8) is 0 Å². The van der Waals surface area contributed by atoms with E-state index in [1.807, 2.05) is 42.7 Å². The molecule has 0 saturated heterocycles. The molecular formula is C20H18N2O2S2. The normalized spacial score (nSPS) is 12.7. The van der Waals surface area contributed by atoms with Gasteiger partial charge in [0.05, 0.1) is 12.1 Å². The van der Waals surface area contributed by atoms with Crippen molar-refractivity contribution in [3.05, 3.63) is 65.4 Å². The van der Waals surface area contributed by atoms with Crippen LogP contribution in [0.5, 0.6) is 5.75 Å². The first kappa shape index (κ1) is 17.2. The van der Waals surface area contributed by atoms with Gasteiger partial charge in [-0.2, -0.15) is 0 Å². The van der Waals surface area contributed by atoms with E-state index < -0.39 is 0 Å². The first-order valence-corrected chi connectivity index (χ1v) is 10.9. The Balaban J connectivity index is 1.56. The number of carbonyl (C=O) groups is 1. The minimum atomic E-state index is -0.0829. The standard InChI is InChI=1S/C20H18N2O2S2/c1-25-26-18-7-5-16(15-3-2-9-21-19(15)18)20(23)22-12-13-4-6-17-14(11-13)8-10-24-17/h2-7,9,11H,8,10,12H2,1H3,(H,22,23). The summed E-state index contributed by atoms with van der Waals surface area (Å²) >= 11 is 0. The highest BCUT2D eigenvalue weighted by Crippen LogP contribution is 2.34. The van der Waals surface area contributed by atoms with Crippen molar-refractivity contribution in [2.75, 3.05) is 12.9 Å². The van der Waals surface area contributed by atoms with Crippen molar-refractivity contribution in [2.45, 2.75) is 17.9 Å². The molecule has 1 N–H and O–H groups in total. The zero-order valence-electron chi connectivity index (χ0n) is 14.3. The summed E-state index contributed by atoms with van der Waals surface area (Å²) < 4.78 is 5.53. The van der Waals surface area contributed by atoms with Crippen molar-refractivity contribution in [3.8, 4) is 5.75 Å². The van der Waals surface area contributed by atoms with E-state index in [1.54, 1.807) is 27.8 Å². The molecule has 0 fully saturated rings. The fraction of sp³-hybridized carbons (Fsp3) is 0.200. The molecule has 0 aliphatic carbocycles. The van der Waals surface area contributed by atoms with Gasteiger partial charge < -0.3 is 10.1 Å². The van der Waals surface area contributed by atoms with Gasteiger partial charge in [-0.05, 0) is 41.6 Å². The van der Waals surface area contributed by atoms with E-state index in [2.05, 4.69) is 16.4 Å². The lowest BCUT2D eigenvalue weighted by Gasteiger charge is -2.11. The Labute approximate surface area is 160 Å². The van der Waals surface area contributed by atoms with Gasteiger partial charge in [0, 0.05) is 35.0 Å². The van der Waals surface area contributed by atoms with Crippen LogP contribution >= 0.6 is 21.6 Å². The lowest BCUT2D eigenvalue weighted by Crippen LogP contribution is -2.23. The first-order chi connectivity index (χ1) is 12.8. The van der Waals surface area contributed by atoms with E-state index in [4.69, 9.17) is 4.74 Å². The van der Waals surface area contributed by atoms with E-state index in [0.29, 0.717) is 12.1 Å². The zero-order valence-corrected chi connectivity index (χ0v) is 16.0. The molecule has 0 bridgehead atoms. The molecular weight excluding hydrogens is 364 g/mol. The Morgan fingerprint density at radius 1 is 1.27 bits per heavy atom. The number of hydrogen-bond acceptors (Lipinski definition) is 5. The second kappa shape index (κ2) is 7.60. The highest BCUT2D eigenvalue weighted by atomic mass is 33.1. The Hall–Kier alpha value is -2.18. The smallest absolute Gasteiger partial charge is 0.252 e. The summed E-state index contributed by atoms with van der Waals surface area (Å²) in [5, 5.41) is 3.91. The van der Waals surface area contributed by atoms with Gasteiger partial charge >= 0.3 is 0 Å². The second-order valence-corrected chi connectivity index (χ2v) is 8.42. The maximum Gasteiger partial charge on any atom is 0.252 e. The van der Waals surface area contributed by atoms with Crippen LogP contribution in [0.3, 0.4) is 0 Å². The van der Waals surface area contributed by atoms with Crippen molar-refractivity contribution < 1.29 is 9.53 Å². The molecule has 1 amide bonds. The Kier molecular flexibility index (Phi) is 5.04. The molecule has 4 rings (SSSR count). The van der Waals surface area contributed by atoms with Gasteiger partial charge in [-0.1, -0.05) is 39.8 Å². The summed E-state index contributed by atoms with van der Waals surface area (Å²) in [7, 11) is 3.32. The largest absolute Gasteiger partial charge is 0.493 e. The van der Waals surface area contributed by atoms with Gasteiger partial charge in [-0.3, -0.25) is 9.78 Å². The molecule has 1 aliphatic heterocycles. The van der Waals surface area contributed by atoms with E-state index in [0.717, 1.165) is 40.1 Å². The molecule has 4 nitrogen and oxygen atoms in total. The Bertz CT molecular complexity index is 975. The van der Waals surface area contributed by atoms with E-state index >= 15 is 0 Å². The van der Waals surface area contributed by atoms with Gasteiger partial charge in [0.2, 0.25) is 0 Å². The Morgan fingerprint density at radius 2 is 2.19 bits per heavy atom. The van der Waals surface area contributed by atoms with Crippen LogP contribution in [-0.2, 0) is 13.0 Å². The number of ether oxygens (including phenoxy) is 1. The number of pyridine rings is 1. The minimum Gasteiger partial charge on any atom is -0.493 e. The van der Waals surface area contributed by atoms with E-state index in [9.17, 15) is 4.79 Å². The molecule has 0 unspecified atom stereocenters. The van der Waals surface area contributed by atoms with Crippen LogP contribution in [0.2, 0.25) is 0 Å². The summed E-state index contributed by atoms with van der Waals surface area (Å²) in [6.45, 7) is 1.24. The number of rotatable bonds is 5. The number of carbonyl (C=O) groups excluding carboxylic acids is 1. The number of nitrogens with zero attached hydrogens (tertiary/aromatic N) is 1. The van der Waals surface area contributed by atoms with Gasteiger partial charge in [0.15, 0.2) is 0 Å². The van der Waals surface area contributed by atoms with Crippen LogP contribution in [-0.4, -0.2) is 23.8 Å². The number of benzene rings is 2. The fourth-order valence-corrected chi connectivity index (χ4v) is 4.62. The van der Waals surface area contributed by atoms with Crippen molar-refractivity contribution >= 4 is 38.4 Å². The van der Waals surface area contributed by atoms with Crippen molar-refractivity contribution in [1.82, 2.24) is 10.3 Å². The van der Waals surface area contributed by atoms with E-state index in [1.165, 1.54) is 5.56 Å². The van der Waals surface area contributed by atoms with Gasteiger partial charge in [0.25, 0.3) is 5.91 Å². The molecule has 2 heterocycles. The molecule has 0 radical (unpaired) electrons. The molecule has 1 aliphatic rings. The van der Waals surface area contributed by atoms with Crippen LogP contribution in [0.15, 0.2) is 53.6 Å². The summed E-state index contributed by atoms with van der Waals surface area (Å²) in [4.78, 5) is 18.3. The molecule has 132 valence electrons. The summed E-state index contributed by atoms with van der Waals surface area (Å²) in [6, 6.07) is 13.8. The fourth-order valence-electron chi connectivity index (χ4n) is 3.13. The lowest BCUT2D eigenvalue weighted by molar-refractivity contribution is 0.0952. The Morgan fingerprint density at radius 3 is 3.08 bits per heavy atom. The van der Waals surface area contributed by atoms with Crippen molar-refractivity contribution in [2.24, 2.45) is 0 Å². The average Bonchev–Trinajstić information content (AvgIpc) is 3.14. The molecule has 3 aromatic rings. The molecule has 26 heavy (non-hydrogen) atoms. The molecule has 2 aromatic carbocycles. The third kappa shape index (κ3) is 3.39. The highest BCUT2D eigenvalue weighted by molar-refractivity contribution is 8.76. The van der Waals surface area contributed by atoms with Crippen LogP contribution in [0.1, 0.15) is 21.5 Å². The molecule has 6 heteroatoms. The predicted octanol–water partition coefficient (Wildman–Crippen LogP) is 4.47. The maximum atomic E-state index is 12.8. The predicted molar refractivity (Wildman–Crippen MR) is 108 cm³/mol. The number of hydrogen-bond donors (Lipinski definition) is 1. The highest BCUT2D eigenvalue weighted by Gasteiger charge is 2.15. The van der Waals surface area contributed by atoms with Crippen LogP contribution < -0.4 is 10.1 Å².